The van der Waals surface area contributed by atoms with E-state index in [0.717, 1.165) is 16.7 Å². The summed E-state index contributed by atoms with van der Waals surface area (Å²) < 4.78 is 5.89. The van der Waals surface area contributed by atoms with Crippen molar-refractivity contribution in [1.29, 1.82) is 0 Å². The van der Waals surface area contributed by atoms with Crippen LogP contribution in [0.25, 0.3) is 0 Å². The average molecular weight is 415 g/mol. The predicted molar refractivity (Wildman–Crippen MR) is 122 cm³/mol. The Kier molecular flexibility index (Phi) is 7.54. The van der Waals surface area contributed by atoms with Crippen LogP contribution in [0.4, 0.5) is 5.69 Å². The maximum absolute atomic E-state index is 12.0. The third-order valence-corrected chi connectivity index (χ3v) is 4.48. The summed E-state index contributed by atoms with van der Waals surface area (Å²) in [6.45, 7) is 4.43. The number of hydrogen-bond acceptors (Lipinski definition) is 4. The van der Waals surface area contributed by atoms with E-state index in [1.807, 2.05) is 74.5 Å². The zero-order valence-corrected chi connectivity index (χ0v) is 17.6. The molecule has 6 nitrogen and oxygen atoms in total. The molecule has 6 heteroatoms. The highest BCUT2D eigenvalue weighted by Gasteiger charge is 2.09. The van der Waals surface area contributed by atoms with E-state index in [0.29, 0.717) is 18.0 Å². The van der Waals surface area contributed by atoms with Crippen molar-refractivity contribution in [2.45, 2.75) is 26.9 Å². The van der Waals surface area contributed by atoms with E-state index < -0.39 is 11.8 Å². The highest BCUT2D eigenvalue weighted by molar-refractivity contribution is 6.03. The van der Waals surface area contributed by atoms with E-state index >= 15 is 0 Å². The summed E-state index contributed by atoms with van der Waals surface area (Å²) in [5.74, 6) is -0.254. The largest absolute Gasteiger partial charge is 0.488 e. The van der Waals surface area contributed by atoms with Crippen molar-refractivity contribution in [3.8, 4) is 5.75 Å². The number of hydrogen-bond donors (Lipinski definition) is 2. The number of carbonyl (C=O) groups excluding carboxylic acids is 2. The number of para-hydroxylation sites is 1. The molecule has 3 aromatic carbocycles. The first-order chi connectivity index (χ1) is 15.0. The molecule has 0 unspecified atom stereocenters. The van der Waals surface area contributed by atoms with Crippen molar-refractivity contribution in [3.63, 3.8) is 0 Å². The van der Waals surface area contributed by atoms with Crippen molar-refractivity contribution in [1.82, 2.24) is 5.43 Å². The van der Waals surface area contributed by atoms with Gasteiger partial charge in [-0.15, -0.1) is 0 Å². The van der Waals surface area contributed by atoms with Gasteiger partial charge >= 0.3 is 0 Å². The Morgan fingerprint density at radius 1 is 0.871 bits per heavy atom. The Hall–Kier alpha value is -3.93. The van der Waals surface area contributed by atoms with Gasteiger partial charge in [-0.1, -0.05) is 59.7 Å². The molecule has 3 aromatic rings. The lowest BCUT2D eigenvalue weighted by molar-refractivity contribution is -0.126. The third-order valence-electron chi connectivity index (χ3n) is 4.48. The molecule has 0 saturated carbocycles. The number of aryl methyl sites for hydroxylation is 2. The second kappa shape index (κ2) is 10.7. The van der Waals surface area contributed by atoms with Gasteiger partial charge in [0.25, 0.3) is 0 Å². The Morgan fingerprint density at radius 2 is 1.52 bits per heavy atom. The van der Waals surface area contributed by atoms with E-state index in [1.54, 1.807) is 12.1 Å². The van der Waals surface area contributed by atoms with Crippen LogP contribution in [0, 0.1) is 13.8 Å². The van der Waals surface area contributed by atoms with Crippen LogP contribution in [0.15, 0.2) is 77.9 Å². The Bertz CT molecular complexity index is 1060. The molecule has 0 bridgehead atoms. The molecule has 0 aromatic heterocycles. The van der Waals surface area contributed by atoms with Crippen molar-refractivity contribution in [3.05, 3.63) is 95.1 Å². The second-order valence-electron chi connectivity index (χ2n) is 7.20. The van der Waals surface area contributed by atoms with Gasteiger partial charge in [0.2, 0.25) is 11.8 Å². The molecular formula is C25H25N3O3. The van der Waals surface area contributed by atoms with Gasteiger partial charge < -0.3 is 10.1 Å². The highest BCUT2D eigenvalue weighted by atomic mass is 16.5. The first-order valence-corrected chi connectivity index (χ1v) is 9.95. The van der Waals surface area contributed by atoms with Crippen molar-refractivity contribution in [2.24, 2.45) is 5.10 Å². The zero-order chi connectivity index (χ0) is 22.1. The number of carbonyl (C=O) groups is 2. The zero-order valence-electron chi connectivity index (χ0n) is 17.6. The van der Waals surface area contributed by atoms with Crippen LogP contribution in [-0.4, -0.2) is 18.0 Å². The first-order valence-electron chi connectivity index (χ1n) is 9.95. The lowest BCUT2D eigenvalue weighted by Crippen LogP contribution is -2.24. The quantitative estimate of drug-likeness (QED) is 0.326. The molecule has 158 valence electrons. The third kappa shape index (κ3) is 7.12. The van der Waals surface area contributed by atoms with Crippen LogP contribution >= 0.6 is 0 Å². The van der Waals surface area contributed by atoms with Crippen LogP contribution < -0.4 is 15.5 Å². The molecule has 3 rings (SSSR count). The molecule has 0 radical (unpaired) electrons. The standard InChI is InChI=1S/C25H25N3O3/c1-18-7-11-20(12-8-18)17-31-23-6-4-3-5-21(23)16-26-28-25(30)15-24(29)27-22-13-9-19(2)10-14-22/h3-14,16H,15,17H2,1-2H3,(H,27,29)(H,28,30). The molecule has 0 spiro atoms. The SMILES string of the molecule is Cc1ccc(COc2ccccc2C=NNC(=O)CC(=O)Nc2ccc(C)cc2)cc1. The lowest BCUT2D eigenvalue weighted by Gasteiger charge is -2.09. The molecule has 2 N–H and O–H groups in total. The summed E-state index contributed by atoms with van der Waals surface area (Å²) in [5, 5.41) is 6.64. The Balaban J connectivity index is 1.50. The monoisotopic (exact) mass is 415 g/mol. The second-order valence-corrected chi connectivity index (χ2v) is 7.20. The summed E-state index contributed by atoms with van der Waals surface area (Å²) in [6, 6.07) is 22.9. The van der Waals surface area contributed by atoms with E-state index in [-0.39, 0.29) is 6.42 Å². The van der Waals surface area contributed by atoms with Crippen LogP contribution in [0.2, 0.25) is 0 Å². The molecule has 0 saturated heterocycles. The molecule has 0 aliphatic heterocycles. The smallest absolute Gasteiger partial charge is 0.249 e. The first kappa shape index (κ1) is 21.8. The van der Waals surface area contributed by atoms with Gasteiger partial charge in [-0.05, 0) is 43.7 Å². The summed E-state index contributed by atoms with van der Waals surface area (Å²) >= 11 is 0. The maximum Gasteiger partial charge on any atom is 0.249 e. The number of benzene rings is 3. The lowest BCUT2D eigenvalue weighted by atomic mass is 10.1. The van der Waals surface area contributed by atoms with Gasteiger partial charge in [-0.25, -0.2) is 5.43 Å². The molecule has 2 amide bonds. The number of rotatable bonds is 8. The number of amides is 2. The summed E-state index contributed by atoms with van der Waals surface area (Å²) in [6.07, 6.45) is 1.18. The fraction of sp³-hybridized carbons (Fsp3) is 0.160. The Labute approximate surface area is 182 Å². The minimum atomic E-state index is -0.501. The fourth-order valence-corrected chi connectivity index (χ4v) is 2.77. The van der Waals surface area contributed by atoms with Crippen LogP contribution in [0.3, 0.4) is 0 Å². The topological polar surface area (TPSA) is 79.8 Å². The van der Waals surface area contributed by atoms with Gasteiger partial charge in [-0.2, -0.15) is 5.10 Å². The molecular weight excluding hydrogens is 390 g/mol. The summed E-state index contributed by atoms with van der Waals surface area (Å²) in [4.78, 5) is 24.0. The van der Waals surface area contributed by atoms with Crippen LogP contribution in [0.5, 0.6) is 5.75 Å². The number of nitrogens with one attached hydrogen (secondary N) is 2. The Morgan fingerprint density at radius 3 is 2.23 bits per heavy atom. The molecule has 0 heterocycles. The van der Waals surface area contributed by atoms with Crippen molar-refractivity contribution >= 4 is 23.7 Å². The summed E-state index contributed by atoms with van der Waals surface area (Å²) in [7, 11) is 0. The number of nitrogens with zero attached hydrogens (tertiary/aromatic N) is 1. The van der Waals surface area contributed by atoms with Gasteiger partial charge in [0.05, 0.1) is 6.21 Å². The van der Waals surface area contributed by atoms with E-state index in [9.17, 15) is 9.59 Å². The highest BCUT2D eigenvalue weighted by Crippen LogP contribution is 2.18. The molecule has 0 atom stereocenters. The van der Waals surface area contributed by atoms with Gasteiger partial charge in [-0.3, -0.25) is 9.59 Å². The molecule has 31 heavy (non-hydrogen) atoms. The van der Waals surface area contributed by atoms with Gasteiger partial charge in [0.1, 0.15) is 18.8 Å². The number of hydrazone groups is 1. The molecule has 0 fully saturated rings. The van der Waals surface area contributed by atoms with Gasteiger partial charge in [0.15, 0.2) is 0 Å². The minimum Gasteiger partial charge on any atom is -0.488 e. The molecule has 0 aliphatic carbocycles. The average Bonchev–Trinajstić information content (AvgIpc) is 2.76. The van der Waals surface area contributed by atoms with E-state index in [4.69, 9.17) is 4.74 Å². The fourth-order valence-electron chi connectivity index (χ4n) is 2.77. The number of ether oxygens (including phenoxy) is 1. The number of anilines is 1. The van der Waals surface area contributed by atoms with Crippen LogP contribution in [-0.2, 0) is 16.2 Å². The van der Waals surface area contributed by atoms with Crippen molar-refractivity contribution in [2.75, 3.05) is 5.32 Å². The van der Waals surface area contributed by atoms with E-state index in [1.165, 1.54) is 11.8 Å². The normalized spacial score (nSPS) is 10.6. The summed E-state index contributed by atoms with van der Waals surface area (Å²) in [5.41, 5.74) is 7.09. The molecule has 0 aliphatic rings. The van der Waals surface area contributed by atoms with Gasteiger partial charge in [0, 0.05) is 11.3 Å². The van der Waals surface area contributed by atoms with Crippen LogP contribution in [0.1, 0.15) is 28.7 Å². The van der Waals surface area contributed by atoms with E-state index in [2.05, 4.69) is 15.8 Å². The minimum absolute atomic E-state index is 0.323. The van der Waals surface area contributed by atoms with Crippen molar-refractivity contribution < 1.29 is 14.3 Å². The predicted octanol–water partition coefficient (Wildman–Crippen LogP) is 4.36. The maximum atomic E-state index is 12.0.